The molecule has 134 valence electrons. The summed E-state index contributed by atoms with van der Waals surface area (Å²) in [6, 6.07) is 10.7. The Bertz CT molecular complexity index is 897. The van der Waals surface area contributed by atoms with Crippen LogP contribution in [0.25, 0.3) is 0 Å². The van der Waals surface area contributed by atoms with Crippen LogP contribution in [-0.4, -0.2) is 26.5 Å². The maximum Gasteiger partial charge on any atom is 0.416 e. The highest BCUT2D eigenvalue weighted by molar-refractivity contribution is 6.06. The number of anilines is 1. The minimum absolute atomic E-state index is 0.0235. The molecule has 10 heteroatoms. The number of nitrogens with one attached hydrogen (secondary N) is 2. The smallest absolute Gasteiger partial charge is 0.416 e. The van der Waals surface area contributed by atoms with Crippen LogP contribution in [-0.2, 0) is 12.8 Å². The van der Waals surface area contributed by atoms with Gasteiger partial charge in [0.2, 0.25) is 5.82 Å². The zero-order chi connectivity index (χ0) is 18.6. The van der Waals surface area contributed by atoms with Crippen LogP contribution in [0.5, 0.6) is 5.75 Å². The number of amides is 1. The number of aromatic nitrogens is 4. The van der Waals surface area contributed by atoms with Gasteiger partial charge >= 0.3 is 6.18 Å². The predicted octanol–water partition coefficient (Wildman–Crippen LogP) is 3.05. The van der Waals surface area contributed by atoms with Crippen molar-refractivity contribution in [3.8, 4) is 5.75 Å². The third kappa shape index (κ3) is 4.15. The van der Waals surface area contributed by atoms with Gasteiger partial charge in [-0.2, -0.15) is 18.4 Å². The second-order valence-corrected chi connectivity index (χ2v) is 5.15. The van der Waals surface area contributed by atoms with Gasteiger partial charge in [0.25, 0.3) is 5.91 Å². The van der Waals surface area contributed by atoms with E-state index >= 15 is 0 Å². The van der Waals surface area contributed by atoms with Crippen LogP contribution in [0, 0.1) is 0 Å². The van der Waals surface area contributed by atoms with Gasteiger partial charge in [-0.1, -0.05) is 23.4 Å². The molecule has 0 radical (unpaired) electrons. The number of carbonyl (C=O) groups is 1. The molecule has 0 saturated heterocycles. The molecule has 2 aromatic carbocycles. The Balaban J connectivity index is 1.76. The quantitative estimate of drug-likeness (QED) is 0.727. The van der Waals surface area contributed by atoms with Crippen LogP contribution in [0.1, 0.15) is 21.7 Å². The van der Waals surface area contributed by atoms with E-state index in [4.69, 9.17) is 4.74 Å². The first-order valence-corrected chi connectivity index (χ1v) is 7.36. The van der Waals surface area contributed by atoms with E-state index in [0.29, 0.717) is 0 Å². The number of tetrazole rings is 1. The number of alkyl halides is 3. The third-order valence-electron chi connectivity index (χ3n) is 3.33. The summed E-state index contributed by atoms with van der Waals surface area (Å²) in [4.78, 5) is 12.4. The van der Waals surface area contributed by atoms with Gasteiger partial charge in [0.15, 0.2) is 6.61 Å². The minimum Gasteiger partial charge on any atom is -0.485 e. The van der Waals surface area contributed by atoms with Gasteiger partial charge in [0.1, 0.15) is 5.75 Å². The van der Waals surface area contributed by atoms with Crippen LogP contribution in [0.3, 0.4) is 0 Å². The molecule has 0 saturated carbocycles. The molecule has 0 aliphatic carbocycles. The molecule has 0 bridgehead atoms. The molecular formula is C16H12F3N5O2. The molecule has 1 aromatic heterocycles. The largest absolute Gasteiger partial charge is 0.485 e. The maximum atomic E-state index is 12.8. The lowest BCUT2D eigenvalue weighted by Crippen LogP contribution is -2.14. The van der Waals surface area contributed by atoms with Crippen molar-refractivity contribution < 1.29 is 22.7 Å². The summed E-state index contributed by atoms with van der Waals surface area (Å²) in [5, 5.41) is 15.5. The summed E-state index contributed by atoms with van der Waals surface area (Å²) in [7, 11) is 0. The first-order chi connectivity index (χ1) is 12.4. The van der Waals surface area contributed by atoms with Gasteiger partial charge < -0.3 is 10.1 Å². The molecule has 7 nitrogen and oxygen atoms in total. The average Bonchev–Trinajstić information content (AvgIpc) is 3.13. The Morgan fingerprint density at radius 2 is 1.96 bits per heavy atom. The number of nitrogens with zero attached hydrogens (tertiary/aromatic N) is 3. The van der Waals surface area contributed by atoms with Gasteiger partial charge in [-0.25, -0.2) is 0 Å². The molecule has 1 amide bonds. The molecule has 1 heterocycles. The van der Waals surface area contributed by atoms with E-state index in [1.165, 1.54) is 18.2 Å². The fraction of sp³-hybridized carbons (Fsp3) is 0.125. The summed E-state index contributed by atoms with van der Waals surface area (Å²) < 4.78 is 43.8. The van der Waals surface area contributed by atoms with Crippen LogP contribution in [0.4, 0.5) is 18.9 Å². The zero-order valence-corrected chi connectivity index (χ0v) is 13.1. The number of hydrogen-bond donors (Lipinski definition) is 2. The Labute approximate surface area is 145 Å². The number of aromatic amines is 1. The van der Waals surface area contributed by atoms with Crippen molar-refractivity contribution in [1.82, 2.24) is 20.6 Å². The molecule has 0 spiro atoms. The fourth-order valence-electron chi connectivity index (χ4n) is 2.14. The van der Waals surface area contributed by atoms with Crippen LogP contribution in [0.2, 0.25) is 0 Å². The van der Waals surface area contributed by atoms with E-state index in [9.17, 15) is 18.0 Å². The Morgan fingerprint density at radius 1 is 1.15 bits per heavy atom. The van der Waals surface area contributed by atoms with Gasteiger partial charge in [-0.05, 0) is 30.3 Å². The van der Waals surface area contributed by atoms with E-state index in [-0.39, 0.29) is 29.4 Å². The molecule has 0 atom stereocenters. The van der Waals surface area contributed by atoms with Crippen LogP contribution >= 0.6 is 0 Å². The fourth-order valence-corrected chi connectivity index (χ4v) is 2.14. The zero-order valence-electron chi connectivity index (χ0n) is 13.1. The Kier molecular flexibility index (Phi) is 4.83. The SMILES string of the molecule is O=C(Nc1cccc(C(F)(F)F)c1)c1ccccc1OCc1nn[nH]n1. The second kappa shape index (κ2) is 7.21. The van der Waals surface area contributed by atoms with Crippen LogP contribution in [0.15, 0.2) is 48.5 Å². The van der Waals surface area contributed by atoms with Crippen molar-refractivity contribution >= 4 is 11.6 Å². The molecule has 2 N–H and O–H groups in total. The normalized spacial score (nSPS) is 11.2. The first kappa shape index (κ1) is 17.4. The molecule has 3 aromatic rings. The summed E-state index contributed by atoms with van der Waals surface area (Å²) in [6.45, 7) is -0.0235. The number of benzene rings is 2. The van der Waals surface area contributed by atoms with Crippen molar-refractivity contribution in [3.63, 3.8) is 0 Å². The van der Waals surface area contributed by atoms with E-state index in [2.05, 4.69) is 25.9 Å². The summed E-state index contributed by atoms with van der Waals surface area (Å²) >= 11 is 0. The first-order valence-electron chi connectivity index (χ1n) is 7.36. The third-order valence-corrected chi connectivity index (χ3v) is 3.33. The number of rotatable bonds is 5. The van der Waals surface area contributed by atoms with E-state index in [1.54, 1.807) is 18.2 Å². The average molecular weight is 363 g/mol. The highest BCUT2D eigenvalue weighted by Gasteiger charge is 2.30. The van der Waals surface area contributed by atoms with Gasteiger partial charge in [-0.15, -0.1) is 10.2 Å². The van der Waals surface area contributed by atoms with Crippen molar-refractivity contribution in [1.29, 1.82) is 0 Å². The summed E-state index contributed by atoms with van der Waals surface area (Å²) in [6.07, 6.45) is -4.49. The molecule has 0 unspecified atom stereocenters. The molecular weight excluding hydrogens is 351 g/mol. The number of para-hydroxylation sites is 1. The Morgan fingerprint density at radius 3 is 2.69 bits per heavy atom. The number of halogens is 3. The van der Waals surface area contributed by atoms with Gasteiger partial charge in [0, 0.05) is 5.69 Å². The lowest BCUT2D eigenvalue weighted by atomic mass is 10.1. The summed E-state index contributed by atoms with van der Waals surface area (Å²) in [5.41, 5.74) is -0.664. The van der Waals surface area contributed by atoms with Crippen molar-refractivity contribution in [2.24, 2.45) is 0 Å². The minimum atomic E-state index is -4.49. The lowest BCUT2D eigenvalue weighted by Gasteiger charge is -2.12. The molecule has 3 rings (SSSR count). The lowest BCUT2D eigenvalue weighted by molar-refractivity contribution is -0.137. The number of H-pyrrole nitrogens is 1. The van der Waals surface area contributed by atoms with Gasteiger partial charge in [-0.3, -0.25) is 4.79 Å². The number of carbonyl (C=O) groups excluding carboxylic acids is 1. The second-order valence-electron chi connectivity index (χ2n) is 5.15. The van der Waals surface area contributed by atoms with E-state index < -0.39 is 17.6 Å². The van der Waals surface area contributed by atoms with E-state index in [1.807, 2.05) is 0 Å². The van der Waals surface area contributed by atoms with Crippen molar-refractivity contribution in [2.45, 2.75) is 12.8 Å². The maximum absolute atomic E-state index is 12.8. The number of hydrogen-bond acceptors (Lipinski definition) is 5. The molecule has 0 aliphatic rings. The van der Waals surface area contributed by atoms with E-state index in [0.717, 1.165) is 12.1 Å². The monoisotopic (exact) mass is 363 g/mol. The molecule has 26 heavy (non-hydrogen) atoms. The molecule has 0 aliphatic heterocycles. The standard InChI is InChI=1S/C16H12F3N5O2/c17-16(18,19)10-4-3-5-11(8-10)20-15(25)12-6-1-2-7-13(12)26-9-14-21-23-24-22-14/h1-8H,9H2,(H,20,25)(H,21,22,23,24). The highest BCUT2D eigenvalue weighted by atomic mass is 19.4. The van der Waals surface area contributed by atoms with Crippen LogP contribution < -0.4 is 10.1 Å². The Hall–Kier alpha value is -3.43. The van der Waals surface area contributed by atoms with Gasteiger partial charge in [0.05, 0.1) is 11.1 Å². The van der Waals surface area contributed by atoms with Crippen molar-refractivity contribution in [2.75, 3.05) is 5.32 Å². The topological polar surface area (TPSA) is 92.8 Å². The van der Waals surface area contributed by atoms with Crippen molar-refractivity contribution in [3.05, 3.63) is 65.5 Å². The predicted molar refractivity (Wildman–Crippen MR) is 84.3 cm³/mol. The molecule has 0 fully saturated rings. The highest BCUT2D eigenvalue weighted by Crippen LogP contribution is 2.31. The summed E-state index contributed by atoms with van der Waals surface area (Å²) in [5.74, 6) is -0.0760. The number of ether oxygens (including phenoxy) is 1.